The largest absolute Gasteiger partial charge is 0.491 e. The minimum absolute atomic E-state index is 0.0244. The van der Waals surface area contributed by atoms with Gasteiger partial charge in [-0.2, -0.15) is 5.26 Å². The van der Waals surface area contributed by atoms with Gasteiger partial charge in [0.05, 0.1) is 11.0 Å². The summed E-state index contributed by atoms with van der Waals surface area (Å²) in [6, 6.07) is 8.46. The molecule has 6 nitrogen and oxygen atoms in total. The first kappa shape index (κ1) is 15.3. The van der Waals surface area contributed by atoms with Gasteiger partial charge in [-0.1, -0.05) is 0 Å². The normalized spacial score (nSPS) is 17.0. The van der Waals surface area contributed by atoms with E-state index >= 15 is 0 Å². The van der Waals surface area contributed by atoms with Crippen molar-refractivity contribution in [2.24, 2.45) is 5.92 Å². The van der Waals surface area contributed by atoms with Crippen LogP contribution in [-0.2, 0) is 0 Å². The standard InChI is InChI=1S/C15H19N3O3/c1-11(2)17-15(9-16,12-3-4-12)10-21-14-7-5-13(6-8-14)18(19)20/h5-8,11-12,17H,3-4,10H2,1-2H3. The minimum atomic E-state index is -0.685. The van der Waals surface area contributed by atoms with Crippen LogP contribution in [0.15, 0.2) is 24.3 Å². The lowest BCUT2D eigenvalue weighted by Crippen LogP contribution is -2.53. The smallest absolute Gasteiger partial charge is 0.269 e. The van der Waals surface area contributed by atoms with Crippen molar-refractivity contribution in [3.8, 4) is 11.8 Å². The Morgan fingerprint density at radius 2 is 2.10 bits per heavy atom. The van der Waals surface area contributed by atoms with E-state index in [2.05, 4.69) is 11.4 Å². The zero-order chi connectivity index (χ0) is 15.5. The van der Waals surface area contributed by atoms with Crippen molar-refractivity contribution < 1.29 is 9.66 Å². The van der Waals surface area contributed by atoms with Gasteiger partial charge in [0.2, 0.25) is 0 Å². The fourth-order valence-corrected chi connectivity index (χ4v) is 2.39. The molecule has 0 bridgehead atoms. The average molecular weight is 289 g/mol. The summed E-state index contributed by atoms with van der Waals surface area (Å²) in [5.74, 6) is 0.842. The van der Waals surface area contributed by atoms with Crippen LogP contribution < -0.4 is 10.1 Å². The number of nitrogens with zero attached hydrogens (tertiary/aromatic N) is 2. The van der Waals surface area contributed by atoms with Gasteiger partial charge in [0.1, 0.15) is 17.9 Å². The molecule has 1 N–H and O–H groups in total. The first-order chi connectivity index (χ1) is 9.97. The number of hydrogen-bond donors (Lipinski definition) is 1. The quantitative estimate of drug-likeness (QED) is 0.615. The molecule has 1 unspecified atom stereocenters. The Morgan fingerprint density at radius 3 is 2.52 bits per heavy atom. The second kappa shape index (κ2) is 6.10. The molecule has 0 heterocycles. The van der Waals surface area contributed by atoms with E-state index in [0.717, 1.165) is 12.8 Å². The van der Waals surface area contributed by atoms with Crippen molar-refractivity contribution in [1.82, 2.24) is 5.32 Å². The summed E-state index contributed by atoms with van der Waals surface area (Å²) in [4.78, 5) is 10.2. The van der Waals surface area contributed by atoms with Crippen molar-refractivity contribution in [2.45, 2.75) is 38.3 Å². The summed E-state index contributed by atoms with van der Waals surface area (Å²) in [6.07, 6.45) is 2.05. The summed E-state index contributed by atoms with van der Waals surface area (Å²) in [5, 5.41) is 23.5. The van der Waals surface area contributed by atoms with Gasteiger partial charge in [-0.25, -0.2) is 0 Å². The van der Waals surface area contributed by atoms with Crippen LogP contribution in [-0.4, -0.2) is 23.1 Å². The second-order valence-corrected chi connectivity index (χ2v) is 5.70. The molecule has 1 aromatic carbocycles. The molecule has 1 saturated carbocycles. The number of nitrogens with one attached hydrogen (secondary N) is 1. The maximum Gasteiger partial charge on any atom is 0.269 e. The number of rotatable bonds is 7. The van der Waals surface area contributed by atoms with Gasteiger partial charge in [0, 0.05) is 18.2 Å². The highest BCUT2D eigenvalue weighted by Gasteiger charge is 2.46. The lowest BCUT2D eigenvalue weighted by Gasteiger charge is -2.30. The molecule has 0 aromatic heterocycles. The first-order valence-corrected chi connectivity index (χ1v) is 7.03. The molecule has 0 amide bonds. The zero-order valence-corrected chi connectivity index (χ0v) is 12.2. The average Bonchev–Trinajstić information content (AvgIpc) is 3.28. The first-order valence-electron chi connectivity index (χ1n) is 7.03. The van der Waals surface area contributed by atoms with E-state index in [1.165, 1.54) is 12.1 Å². The molecule has 0 radical (unpaired) electrons. The summed E-state index contributed by atoms with van der Waals surface area (Å²) < 4.78 is 5.69. The molecule has 1 fully saturated rings. The molecule has 0 saturated heterocycles. The third-order valence-corrected chi connectivity index (χ3v) is 3.53. The highest BCUT2D eigenvalue weighted by atomic mass is 16.6. The van der Waals surface area contributed by atoms with Gasteiger partial charge in [-0.15, -0.1) is 0 Å². The third-order valence-electron chi connectivity index (χ3n) is 3.53. The van der Waals surface area contributed by atoms with Crippen LogP contribution in [0.2, 0.25) is 0 Å². The molecule has 1 aliphatic carbocycles. The van der Waals surface area contributed by atoms with E-state index in [1.54, 1.807) is 12.1 Å². The number of nitro benzene ring substituents is 1. The number of benzene rings is 1. The van der Waals surface area contributed by atoms with Crippen LogP contribution in [0.25, 0.3) is 0 Å². The molecule has 2 rings (SSSR count). The Hall–Kier alpha value is -2.13. The topological polar surface area (TPSA) is 88.2 Å². The number of nitriles is 1. The van der Waals surface area contributed by atoms with E-state index < -0.39 is 10.5 Å². The Kier molecular flexibility index (Phi) is 4.43. The number of non-ortho nitro benzene ring substituents is 1. The molecular weight excluding hydrogens is 270 g/mol. The van der Waals surface area contributed by atoms with Crippen molar-refractivity contribution >= 4 is 5.69 Å². The molecule has 1 aromatic rings. The maximum atomic E-state index is 10.6. The Balaban J connectivity index is 2.04. The van der Waals surface area contributed by atoms with Crippen molar-refractivity contribution in [3.05, 3.63) is 34.4 Å². The molecule has 1 aliphatic rings. The van der Waals surface area contributed by atoms with Gasteiger partial charge in [-0.3, -0.25) is 15.4 Å². The lowest BCUT2D eigenvalue weighted by molar-refractivity contribution is -0.384. The highest BCUT2D eigenvalue weighted by molar-refractivity contribution is 5.36. The van der Waals surface area contributed by atoms with Crippen LogP contribution >= 0.6 is 0 Å². The predicted molar refractivity (Wildman–Crippen MR) is 77.9 cm³/mol. The third kappa shape index (κ3) is 3.70. The predicted octanol–water partition coefficient (Wildman–Crippen LogP) is 2.64. The van der Waals surface area contributed by atoms with Gasteiger partial charge in [0.15, 0.2) is 0 Å². The summed E-state index contributed by atoms with van der Waals surface area (Å²) in [6.45, 7) is 4.24. The van der Waals surface area contributed by atoms with Gasteiger partial charge >= 0.3 is 0 Å². The summed E-state index contributed by atoms with van der Waals surface area (Å²) in [5.41, 5.74) is -0.660. The number of hydrogen-bond acceptors (Lipinski definition) is 5. The summed E-state index contributed by atoms with van der Waals surface area (Å²) in [7, 11) is 0. The highest BCUT2D eigenvalue weighted by Crippen LogP contribution is 2.40. The van der Waals surface area contributed by atoms with Crippen LogP contribution in [0, 0.1) is 27.4 Å². The van der Waals surface area contributed by atoms with Crippen LogP contribution in [0.4, 0.5) is 5.69 Å². The minimum Gasteiger partial charge on any atom is -0.491 e. The summed E-state index contributed by atoms with van der Waals surface area (Å²) >= 11 is 0. The lowest BCUT2D eigenvalue weighted by atomic mass is 9.95. The van der Waals surface area contributed by atoms with Crippen LogP contribution in [0.3, 0.4) is 0 Å². The molecule has 0 aliphatic heterocycles. The van der Waals surface area contributed by atoms with Crippen LogP contribution in [0.1, 0.15) is 26.7 Å². The number of nitro groups is 1. The number of ether oxygens (including phenoxy) is 1. The zero-order valence-electron chi connectivity index (χ0n) is 12.2. The molecular formula is C15H19N3O3. The molecule has 112 valence electrons. The molecule has 6 heteroatoms. The van der Waals surface area contributed by atoms with Crippen molar-refractivity contribution in [3.63, 3.8) is 0 Å². The van der Waals surface area contributed by atoms with E-state index in [-0.39, 0.29) is 18.3 Å². The van der Waals surface area contributed by atoms with Crippen LogP contribution in [0.5, 0.6) is 5.75 Å². The van der Waals surface area contributed by atoms with E-state index in [0.29, 0.717) is 11.7 Å². The Morgan fingerprint density at radius 1 is 1.48 bits per heavy atom. The van der Waals surface area contributed by atoms with Crippen molar-refractivity contribution in [2.75, 3.05) is 6.61 Å². The molecule has 1 atom stereocenters. The SMILES string of the molecule is CC(C)NC(C#N)(COc1ccc([N+](=O)[O-])cc1)C1CC1. The Labute approximate surface area is 123 Å². The maximum absolute atomic E-state index is 10.6. The van der Waals surface area contributed by atoms with E-state index in [1.807, 2.05) is 13.8 Å². The second-order valence-electron chi connectivity index (χ2n) is 5.70. The molecule has 21 heavy (non-hydrogen) atoms. The van der Waals surface area contributed by atoms with Gasteiger partial charge < -0.3 is 4.74 Å². The van der Waals surface area contributed by atoms with E-state index in [9.17, 15) is 15.4 Å². The van der Waals surface area contributed by atoms with E-state index in [4.69, 9.17) is 4.74 Å². The fourth-order valence-electron chi connectivity index (χ4n) is 2.39. The fraction of sp³-hybridized carbons (Fsp3) is 0.533. The van der Waals surface area contributed by atoms with Crippen molar-refractivity contribution in [1.29, 1.82) is 5.26 Å². The van der Waals surface area contributed by atoms with Gasteiger partial charge in [0.25, 0.3) is 5.69 Å². The molecule has 0 spiro atoms. The van der Waals surface area contributed by atoms with Gasteiger partial charge in [-0.05, 0) is 44.7 Å². The Bertz CT molecular complexity index is 546. The monoisotopic (exact) mass is 289 g/mol.